The predicted octanol–water partition coefficient (Wildman–Crippen LogP) is 0.00230. The molecule has 3 N–H and O–H groups in total. The lowest BCUT2D eigenvalue weighted by molar-refractivity contribution is -0.119. The molecule has 0 unspecified atom stereocenters. The van der Waals surface area contributed by atoms with Crippen LogP contribution < -0.4 is 11.1 Å². The van der Waals surface area contributed by atoms with Gasteiger partial charge in [0.25, 0.3) is 0 Å². The van der Waals surface area contributed by atoms with Crippen LogP contribution >= 0.6 is 0 Å². The van der Waals surface area contributed by atoms with Gasteiger partial charge in [0.15, 0.2) is 0 Å². The third-order valence-corrected chi connectivity index (χ3v) is 1.96. The molecule has 0 aromatic heterocycles. The van der Waals surface area contributed by atoms with Crippen LogP contribution in [0.3, 0.4) is 0 Å². The van der Waals surface area contributed by atoms with E-state index in [0.29, 0.717) is 0 Å². The van der Waals surface area contributed by atoms with E-state index in [4.69, 9.17) is 5.73 Å². The maximum atomic E-state index is 10.6. The summed E-state index contributed by atoms with van der Waals surface area (Å²) in [7, 11) is 0. The first kappa shape index (κ1) is 7.54. The maximum absolute atomic E-state index is 10.6. The minimum atomic E-state index is 0.0300. The van der Waals surface area contributed by atoms with Crippen molar-refractivity contribution in [2.75, 3.05) is 0 Å². The average Bonchev–Trinajstić information content (AvgIpc) is 2.15. The largest absolute Gasteiger partial charge is 0.352 e. The fourth-order valence-corrected chi connectivity index (χ4v) is 1.43. The lowest BCUT2D eigenvalue weighted by Crippen LogP contribution is -2.42. The Kier molecular flexibility index (Phi) is 2.27. The van der Waals surface area contributed by atoms with Crippen molar-refractivity contribution in [2.45, 2.75) is 38.3 Å². The Labute approximate surface area is 61.0 Å². The zero-order valence-electron chi connectivity index (χ0n) is 6.26. The Morgan fingerprint density at radius 1 is 1.60 bits per heavy atom. The second-order valence-electron chi connectivity index (χ2n) is 2.90. The van der Waals surface area contributed by atoms with Crippen LogP contribution in [0.15, 0.2) is 0 Å². The van der Waals surface area contributed by atoms with Crippen LogP contribution in [0.4, 0.5) is 0 Å². The van der Waals surface area contributed by atoms with Crippen molar-refractivity contribution in [3.05, 3.63) is 0 Å². The summed E-state index contributed by atoms with van der Waals surface area (Å²) in [6, 6.07) is 0.418. The first-order valence-electron chi connectivity index (χ1n) is 3.73. The lowest BCUT2D eigenvalue weighted by Gasteiger charge is -2.15. The van der Waals surface area contributed by atoms with E-state index in [1.807, 2.05) is 0 Å². The van der Waals surface area contributed by atoms with Gasteiger partial charge in [0.1, 0.15) is 0 Å². The number of carbonyl (C=O) groups is 1. The highest BCUT2D eigenvalue weighted by Gasteiger charge is 2.23. The molecule has 1 rings (SSSR count). The van der Waals surface area contributed by atoms with Gasteiger partial charge in [0.05, 0.1) is 0 Å². The molecule has 0 spiro atoms. The normalized spacial score (nSPS) is 32.2. The van der Waals surface area contributed by atoms with E-state index in [9.17, 15) is 4.79 Å². The van der Waals surface area contributed by atoms with E-state index < -0.39 is 0 Å². The quantitative estimate of drug-likeness (QED) is 0.541. The van der Waals surface area contributed by atoms with Crippen molar-refractivity contribution in [1.29, 1.82) is 0 Å². The standard InChI is InChI=1S/C7H14N2O/c1-5(10)9-7-4-2-3-6(7)8/h6-7H,2-4,8H2,1H3,(H,9,10)/t6-,7-/m1/s1. The molecule has 0 aromatic carbocycles. The van der Waals surface area contributed by atoms with Crippen LogP contribution in [0.2, 0.25) is 0 Å². The molecular weight excluding hydrogens is 128 g/mol. The van der Waals surface area contributed by atoms with E-state index >= 15 is 0 Å². The van der Waals surface area contributed by atoms with Crippen molar-refractivity contribution in [3.63, 3.8) is 0 Å². The molecule has 0 aliphatic heterocycles. The Morgan fingerprint density at radius 2 is 2.30 bits per heavy atom. The molecule has 2 atom stereocenters. The molecule has 0 bridgehead atoms. The predicted molar refractivity (Wildman–Crippen MR) is 39.4 cm³/mol. The summed E-state index contributed by atoms with van der Waals surface area (Å²) in [6.07, 6.45) is 3.23. The van der Waals surface area contributed by atoms with Crippen molar-refractivity contribution in [2.24, 2.45) is 5.73 Å². The number of amides is 1. The molecule has 0 radical (unpaired) electrons. The Bertz CT molecular complexity index is 136. The molecule has 1 amide bonds. The van der Waals surface area contributed by atoms with Gasteiger partial charge < -0.3 is 11.1 Å². The smallest absolute Gasteiger partial charge is 0.217 e. The van der Waals surface area contributed by atoms with Gasteiger partial charge in [-0.05, 0) is 19.3 Å². The molecule has 1 aliphatic carbocycles. The maximum Gasteiger partial charge on any atom is 0.217 e. The van der Waals surface area contributed by atoms with Crippen molar-refractivity contribution in [1.82, 2.24) is 5.32 Å². The molecule has 0 heterocycles. The molecular formula is C7H14N2O. The number of rotatable bonds is 1. The SMILES string of the molecule is CC(=O)N[C@@H]1CCC[C@H]1N. The van der Waals surface area contributed by atoms with Crippen LogP contribution in [0.5, 0.6) is 0 Å². The summed E-state index contributed by atoms with van der Waals surface area (Å²) >= 11 is 0. The Hall–Kier alpha value is -0.570. The second kappa shape index (κ2) is 3.01. The highest BCUT2D eigenvalue weighted by molar-refractivity contribution is 5.73. The van der Waals surface area contributed by atoms with Crippen LogP contribution in [-0.2, 0) is 4.79 Å². The summed E-state index contributed by atoms with van der Waals surface area (Å²) < 4.78 is 0. The van der Waals surface area contributed by atoms with Gasteiger partial charge in [-0.15, -0.1) is 0 Å². The molecule has 0 aromatic rings. The molecule has 1 aliphatic rings. The van der Waals surface area contributed by atoms with Crippen LogP contribution in [0.25, 0.3) is 0 Å². The van der Waals surface area contributed by atoms with Crippen molar-refractivity contribution < 1.29 is 4.79 Å². The summed E-state index contributed by atoms with van der Waals surface area (Å²) in [4.78, 5) is 10.6. The summed E-state index contributed by atoms with van der Waals surface area (Å²) in [5.41, 5.74) is 5.71. The average molecular weight is 142 g/mol. The fraction of sp³-hybridized carbons (Fsp3) is 0.857. The minimum absolute atomic E-state index is 0.0300. The van der Waals surface area contributed by atoms with E-state index in [0.717, 1.165) is 19.3 Å². The van der Waals surface area contributed by atoms with Gasteiger partial charge in [-0.1, -0.05) is 0 Å². The van der Waals surface area contributed by atoms with E-state index in [1.54, 1.807) is 0 Å². The molecule has 1 saturated carbocycles. The zero-order valence-corrected chi connectivity index (χ0v) is 6.26. The van der Waals surface area contributed by atoms with Crippen molar-refractivity contribution in [3.8, 4) is 0 Å². The van der Waals surface area contributed by atoms with Gasteiger partial charge in [-0.25, -0.2) is 0 Å². The fourth-order valence-electron chi connectivity index (χ4n) is 1.43. The number of nitrogens with one attached hydrogen (secondary N) is 1. The number of nitrogens with two attached hydrogens (primary N) is 1. The van der Waals surface area contributed by atoms with Gasteiger partial charge >= 0.3 is 0 Å². The zero-order chi connectivity index (χ0) is 7.56. The number of hydrogen-bond donors (Lipinski definition) is 2. The molecule has 10 heavy (non-hydrogen) atoms. The summed E-state index contributed by atoms with van der Waals surface area (Å²) in [6.45, 7) is 1.53. The molecule has 58 valence electrons. The third-order valence-electron chi connectivity index (χ3n) is 1.96. The van der Waals surface area contributed by atoms with E-state index in [2.05, 4.69) is 5.32 Å². The van der Waals surface area contributed by atoms with Crippen LogP contribution in [0, 0.1) is 0 Å². The minimum Gasteiger partial charge on any atom is -0.352 e. The molecule has 3 nitrogen and oxygen atoms in total. The molecule has 3 heteroatoms. The van der Waals surface area contributed by atoms with Gasteiger partial charge in [-0.3, -0.25) is 4.79 Å². The van der Waals surface area contributed by atoms with E-state index in [-0.39, 0.29) is 18.0 Å². The summed E-state index contributed by atoms with van der Waals surface area (Å²) in [5.74, 6) is 0.0300. The Morgan fingerprint density at radius 3 is 2.70 bits per heavy atom. The highest BCUT2D eigenvalue weighted by atomic mass is 16.1. The number of hydrogen-bond acceptors (Lipinski definition) is 2. The van der Waals surface area contributed by atoms with Crippen molar-refractivity contribution >= 4 is 5.91 Å². The Balaban J connectivity index is 2.33. The van der Waals surface area contributed by atoms with Crippen LogP contribution in [0.1, 0.15) is 26.2 Å². The topological polar surface area (TPSA) is 55.1 Å². The number of carbonyl (C=O) groups excluding carboxylic acids is 1. The van der Waals surface area contributed by atoms with Gasteiger partial charge in [0, 0.05) is 19.0 Å². The van der Waals surface area contributed by atoms with Crippen LogP contribution in [-0.4, -0.2) is 18.0 Å². The molecule has 1 fully saturated rings. The first-order valence-corrected chi connectivity index (χ1v) is 3.73. The van der Waals surface area contributed by atoms with Gasteiger partial charge in [0.2, 0.25) is 5.91 Å². The second-order valence-corrected chi connectivity index (χ2v) is 2.90. The summed E-state index contributed by atoms with van der Waals surface area (Å²) in [5, 5.41) is 2.83. The monoisotopic (exact) mass is 142 g/mol. The van der Waals surface area contributed by atoms with E-state index in [1.165, 1.54) is 6.92 Å². The third kappa shape index (κ3) is 1.70. The highest BCUT2D eigenvalue weighted by Crippen LogP contribution is 2.16. The lowest BCUT2D eigenvalue weighted by atomic mass is 10.2. The molecule has 0 saturated heterocycles. The first-order chi connectivity index (χ1) is 4.70. The van der Waals surface area contributed by atoms with Gasteiger partial charge in [-0.2, -0.15) is 0 Å².